The quantitative estimate of drug-likeness (QED) is 0.696. The second kappa shape index (κ2) is 5.67. The molecule has 78 valence electrons. The maximum absolute atomic E-state index is 12.7. The maximum Gasteiger partial charge on any atom is 0.141 e. The van der Waals surface area contributed by atoms with Crippen LogP contribution >= 0.6 is 0 Å². The molecule has 0 saturated carbocycles. The molecule has 1 aromatic heterocycles. The van der Waals surface area contributed by atoms with Crippen molar-refractivity contribution < 1.29 is 9.50 Å². The van der Waals surface area contributed by atoms with Crippen molar-refractivity contribution in [1.82, 2.24) is 10.3 Å². The first-order valence-electron chi connectivity index (χ1n) is 4.66. The lowest BCUT2D eigenvalue weighted by atomic mass is 10.2. The van der Waals surface area contributed by atoms with Crippen LogP contribution in [0.4, 0.5) is 4.39 Å². The van der Waals surface area contributed by atoms with Crippen LogP contribution in [-0.4, -0.2) is 22.7 Å². The summed E-state index contributed by atoms with van der Waals surface area (Å²) >= 11 is 0. The second-order valence-electron chi connectivity index (χ2n) is 3.33. The molecular weight excluding hydrogens is 183 g/mol. The van der Waals surface area contributed by atoms with Crippen LogP contribution in [0.25, 0.3) is 0 Å². The zero-order valence-electron chi connectivity index (χ0n) is 8.20. The van der Waals surface area contributed by atoms with E-state index in [0.717, 1.165) is 5.56 Å². The molecule has 0 saturated heterocycles. The summed E-state index contributed by atoms with van der Waals surface area (Å²) in [6, 6.07) is 1.45. The van der Waals surface area contributed by atoms with Crippen LogP contribution in [0.2, 0.25) is 0 Å². The van der Waals surface area contributed by atoms with Gasteiger partial charge in [-0.3, -0.25) is 4.98 Å². The normalized spacial score (nSPS) is 12.8. The maximum atomic E-state index is 12.7. The summed E-state index contributed by atoms with van der Waals surface area (Å²) in [7, 11) is 0. The van der Waals surface area contributed by atoms with Gasteiger partial charge < -0.3 is 10.4 Å². The first-order chi connectivity index (χ1) is 6.68. The molecule has 0 aliphatic carbocycles. The number of halogens is 1. The summed E-state index contributed by atoms with van der Waals surface area (Å²) in [5, 5.41) is 12.1. The molecule has 0 amide bonds. The monoisotopic (exact) mass is 198 g/mol. The third kappa shape index (κ3) is 4.30. The Bertz CT molecular complexity index is 279. The molecule has 0 aromatic carbocycles. The minimum Gasteiger partial charge on any atom is -0.393 e. The highest BCUT2D eigenvalue weighted by Gasteiger charge is 1.97. The number of rotatable bonds is 5. The Balaban J connectivity index is 2.25. The summed E-state index contributed by atoms with van der Waals surface area (Å²) in [6.07, 6.45) is 3.20. The van der Waals surface area contributed by atoms with E-state index < -0.39 is 0 Å². The van der Waals surface area contributed by atoms with Crippen LogP contribution in [-0.2, 0) is 6.54 Å². The zero-order valence-corrected chi connectivity index (χ0v) is 8.20. The minimum atomic E-state index is -0.320. The first-order valence-corrected chi connectivity index (χ1v) is 4.66. The number of aromatic nitrogens is 1. The molecule has 3 nitrogen and oxygen atoms in total. The SMILES string of the molecule is CC(O)CCNCc1cncc(F)c1. The topological polar surface area (TPSA) is 45.1 Å². The number of pyridine rings is 1. The van der Waals surface area contributed by atoms with Gasteiger partial charge in [-0.05, 0) is 31.5 Å². The number of hydrogen-bond acceptors (Lipinski definition) is 3. The molecule has 2 N–H and O–H groups in total. The van der Waals surface area contributed by atoms with Gasteiger partial charge in [-0.25, -0.2) is 4.39 Å². The van der Waals surface area contributed by atoms with Gasteiger partial charge in [0, 0.05) is 12.7 Å². The third-order valence-corrected chi connectivity index (χ3v) is 1.83. The number of nitrogens with one attached hydrogen (secondary N) is 1. The molecule has 4 heteroatoms. The molecule has 0 bridgehead atoms. The van der Waals surface area contributed by atoms with Crippen molar-refractivity contribution in [3.05, 3.63) is 29.8 Å². The molecule has 0 aliphatic rings. The Kier molecular flexibility index (Phi) is 4.49. The predicted octanol–water partition coefficient (Wildman–Crippen LogP) is 1.08. The van der Waals surface area contributed by atoms with E-state index in [-0.39, 0.29) is 11.9 Å². The molecule has 1 unspecified atom stereocenters. The van der Waals surface area contributed by atoms with Crippen LogP contribution in [0.15, 0.2) is 18.5 Å². The van der Waals surface area contributed by atoms with Crippen molar-refractivity contribution in [2.24, 2.45) is 0 Å². The Labute approximate surface area is 83.0 Å². The predicted molar refractivity (Wildman–Crippen MR) is 52.2 cm³/mol. The smallest absolute Gasteiger partial charge is 0.141 e. The van der Waals surface area contributed by atoms with Crippen LogP contribution in [0, 0.1) is 5.82 Å². The van der Waals surface area contributed by atoms with Crippen molar-refractivity contribution in [2.75, 3.05) is 6.54 Å². The van der Waals surface area contributed by atoms with E-state index in [1.54, 1.807) is 13.1 Å². The van der Waals surface area contributed by atoms with Gasteiger partial charge in [-0.15, -0.1) is 0 Å². The van der Waals surface area contributed by atoms with Gasteiger partial charge in [0.15, 0.2) is 0 Å². The molecule has 0 spiro atoms. The van der Waals surface area contributed by atoms with Crippen LogP contribution in [0.3, 0.4) is 0 Å². The fourth-order valence-corrected chi connectivity index (χ4v) is 1.10. The van der Waals surface area contributed by atoms with Gasteiger partial charge in [0.05, 0.1) is 12.3 Å². The second-order valence-corrected chi connectivity index (χ2v) is 3.33. The molecular formula is C10H15FN2O. The molecule has 1 rings (SSSR count). The van der Waals surface area contributed by atoms with E-state index in [9.17, 15) is 4.39 Å². The Morgan fingerprint density at radius 3 is 3.00 bits per heavy atom. The van der Waals surface area contributed by atoms with Gasteiger partial charge in [-0.2, -0.15) is 0 Å². The first kappa shape index (κ1) is 11.1. The van der Waals surface area contributed by atoms with E-state index in [2.05, 4.69) is 10.3 Å². The van der Waals surface area contributed by atoms with Crippen molar-refractivity contribution in [2.45, 2.75) is 26.0 Å². The standard InChI is InChI=1S/C10H15FN2O/c1-8(14)2-3-12-5-9-4-10(11)7-13-6-9/h4,6-8,12,14H,2-3,5H2,1H3. The summed E-state index contributed by atoms with van der Waals surface area (Å²) in [4.78, 5) is 3.73. The number of hydrogen-bond donors (Lipinski definition) is 2. The number of nitrogens with zero attached hydrogens (tertiary/aromatic N) is 1. The molecule has 0 aliphatic heterocycles. The zero-order chi connectivity index (χ0) is 10.4. The Morgan fingerprint density at radius 2 is 2.36 bits per heavy atom. The minimum absolute atomic E-state index is 0.298. The molecule has 0 radical (unpaired) electrons. The van der Waals surface area contributed by atoms with Gasteiger partial charge in [0.25, 0.3) is 0 Å². The summed E-state index contributed by atoms with van der Waals surface area (Å²) < 4.78 is 12.7. The molecule has 1 aromatic rings. The van der Waals surface area contributed by atoms with Crippen molar-refractivity contribution >= 4 is 0 Å². The van der Waals surface area contributed by atoms with Crippen molar-refractivity contribution in [3.63, 3.8) is 0 Å². The van der Waals surface area contributed by atoms with E-state index in [4.69, 9.17) is 5.11 Å². The highest BCUT2D eigenvalue weighted by Crippen LogP contribution is 2.00. The summed E-state index contributed by atoms with van der Waals surface area (Å²) in [6.45, 7) is 3.04. The number of aliphatic hydroxyl groups excluding tert-OH is 1. The average Bonchev–Trinajstić information content (AvgIpc) is 2.12. The Morgan fingerprint density at radius 1 is 1.57 bits per heavy atom. The van der Waals surface area contributed by atoms with E-state index in [1.165, 1.54) is 12.3 Å². The van der Waals surface area contributed by atoms with Gasteiger partial charge >= 0.3 is 0 Å². The lowest BCUT2D eigenvalue weighted by Crippen LogP contribution is -2.18. The van der Waals surface area contributed by atoms with Crippen molar-refractivity contribution in [1.29, 1.82) is 0 Å². The lowest BCUT2D eigenvalue weighted by molar-refractivity contribution is 0.183. The molecule has 0 fully saturated rings. The van der Waals surface area contributed by atoms with E-state index in [0.29, 0.717) is 19.5 Å². The fourth-order valence-electron chi connectivity index (χ4n) is 1.10. The van der Waals surface area contributed by atoms with Gasteiger partial charge in [0.1, 0.15) is 5.82 Å². The van der Waals surface area contributed by atoms with Crippen LogP contribution in [0.5, 0.6) is 0 Å². The summed E-state index contributed by atoms with van der Waals surface area (Å²) in [5.74, 6) is -0.320. The van der Waals surface area contributed by atoms with E-state index >= 15 is 0 Å². The van der Waals surface area contributed by atoms with Gasteiger partial charge in [-0.1, -0.05) is 0 Å². The third-order valence-electron chi connectivity index (χ3n) is 1.83. The molecule has 1 atom stereocenters. The van der Waals surface area contributed by atoms with Crippen LogP contribution in [0.1, 0.15) is 18.9 Å². The molecule has 1 heterocycles. The number of aliphatic hydroxyl groups is 1. The van der Waals surface area contributed by atoms with E-state index in [1.807, 2.05) is 0 Å². The largest absolute Gasteiger partial charge is 0.393 e. The van der Waals surface area contributed by atoms with Gasteiger partial charge in [0.2, 0.25) is 0 Å². The fraction of sp³-hybridized carbons (Fsp3) is 0.500. The molecule has 14 heavy (non-hydrogen) atoms. The highest BCUT2D eigenvalue weighted by molar-refractivity contribution is 5.09. The van der Waals surface area contributed by atoms with Crippen molar-refractivity contribution in [3.8, 4) is 0 Å². The van der Waals surface area contributed by atoms with Crippen LogP contribution < -0.4 is 5.32 Å². The Hall–Kier alpha value is -1.00. The highest BCUT2D eigenvalue weighted by atomic mass is 19.1. The lowest BCUT2D eigenvalue weighted by Gasteiger charge is -2.06. The average molecular weight is 198 g/mol. The summed E-state index contributed by atoms with van der Waals surface area (Å²) in [5.41, 5.74) is 0.815.